The average molecular weight is 325 g/mol. The van der Waals surface area contributed by atoms with Crippen LogP contribution in [0.1, 0.15) is 22.8 Å². The van der Waals surface area contributed by atoms with Gasteiger partial charge in [0.1, 0.15) is 0 Å². The number of nitrogens with zero attached hydrogens (tertiary/aromatic N) is 1. The summed E-state index contributed by atoms with van der Waals surface area (Å²) < 4.78 is 1.52. The molecule has 1 heterocycles. The van der Waals surface area contributed by atoms with Crippen LogP contribution in [0.25, 0.3) is 0 Å². The summed E-state index contributed by atoms with van der Waals surface area (Å²) >= 11 is 11.8. The molecule has 1 amide bonds. The minimum Gasteiger partial charge on any atom is -0.348 e. The second-order valence-electron chi connectivity index (χ2n) is 4.46. The predicted molar refractivity (Wildman–Crippen MR) is 84.0 cm³/mol. The Kier molecular flexibility index (Phi) is 5.04. The molecule has 0 saturated heterocycles. The predicted octanol–water partition coefficient (Wildman–Crippen LogP) is 3.11. The van der Waals surface area contributed by atoms with Gasteiger partial charge in [-0.05, 0) is 30.7 Å². The maximum atomic E-state index is 12.0. The monoisotopic (exact) mass is 324 g/mol. The van der Waals surface area contributed by atoms with Crippen LogP contribution in [0.15, 0.2) is 41.3 Å². The van der Waals surface area contributed by atoms with E-state index in [0.29, 0.717) is 22.2 Å². The molecule has 0 radical (unpaired) electrons. The lowest BCUT2D eigenvalue weighted by molar-refractivity contribution is 0.0950. The third-order valence-corrected chi connectivity index (χ3v) is 3.64. The van der Waals surface area contributed by atoms with E-state index in [1.807, 2.05) is 6.92 Å². The van der Waals surface area contributed by atoms with E-state index in [9.17, 15) is 9.59 Å². The van der Waals surface area contributed by atoms with E-state index in [0.717, 1.165) is 5.56 Å². The van der Waals surface area contributed by atoms with Crippen LogP contribution in [0, 0.1) is 0 Å². The fourth-order valence-electron chi connectivity index (χ4n) is 1.85. The largest absolute Gasteiger partial charge is 0.348 e. The first-order valence-electron chi connectivity index (χ1n) is 6.44. The highest BCUT2D eigenvalue weighted by atomic mass is 35.5. The summed E-state index contributed by atoms with van der Waals surface area (Å²) in [6.07, 6.45) is 1.60. The second kappa shape index (κ2) is 6.78. The van der Waals surface area contributed by atoms with Crippen molar-refractivity contribution in [2.45, 2.75) is 20.0 Å². The topological polar surface area (TPSA) is 51.1 Å². The Hall–Kier alpha value is -1.78. The summed E-state index contributed by atoms with van der Waals surface area (Å²) in [6, 6.07) is 8.01. The molecule has 1 aromatic carbocycles. The molecule has 0 aliphatic rings. The number of carbonyl (C=O) groups is 1. The van der Waals surface area contributed by atoms with Gasteiger partial charge >= 0.3 is 0 Å². The smallest absolute Gasteiger partial charge is 0.251 e. The molecule has 21 heavy (non-hydrogen) atoms. The molecule has 0 fully saturated rings. The van der Waals surface area contributed by atoms with Crippen molar-refractivity contribution in [3.63, 3.8) is 0 Å². The highest BCUT2D eigenvalue weighted by Gasteiger charge is 2.08. The summed E-state index contributed by atoms with van der Waals surface area (Å²) in [6.45, 7) is 2.70. The Morgan fingerprint density at radius 2 is 2.00 bits per heavy atom. The minimum absolute atomic E-state index is 0.199. The van der Waals surface area contributed by atoms with Crippen LogP contribution in [-0.2, 0) is 13.1 Å². The van der Waals surface area contributed by atoms with Crippen molar-refractivity contribution in [2.24, 2.45) is 0 Å². The number of carbonyl (C=O) groups excluding carboxylic acids is 1. The maximum absolute atomic E-state index is 12.0. The first-order valence-corrected chi connectivity index (χ1v) is 7.19. The van der Waals surface area contributed by atoms with E-state index < -0.39 is 0 Å². The minimum atomic E-state index is -0.318. The highest BCUT2D eigenvalue weighted by Crippen LogP contribution is 2.20. The second-order valence-corrected chi connectivity index (χ2v) is 5.30. The molecule has 0 bridgehead atoms. The number of nitrogens with one attached hydrogen (secondary N) is 1. The van der Waals surface area contributed by atoms with Gasteiger partial charge in [0.25, 0.3) is 11.5 Å². The maximum Gasteiger partial charge on any atom is 0.251 e. The van der Waals surface area contributed by atoms with E-state index >= 15 is 0 Å². The van der Waals surface area contributed by atoms with Crippen LogP contribution in [0.2, 0.25) is 10.0 Å². The lowest BCUT2D eigenvalue weighted by atomic mass is 10.2. The molecule has 0 aliphatic carbocycles. The van der Waals surface area contributed by atoms with E-state index in [-0.39, 0.29) is 18.0 Å². The third-order valence-electron chi connectivity index (χ3n) is 3.05. The van der Waals surface area contributed by atoms with E-state index in [1.54, 1.807) is 30.5 Å². The van der Waals surface area contributed by atoms with Crippen molar-refractivity contribution in [2.75, 3.05) is 0 Å². The normalized spacial score (nSPS) is 10.4. The Labute approximate surface area is 132 Å². The standard InChI is InChI=1S/C15H14Cl2N2O2/c1-2-19-6-5-10(7-14(19)20)15(21)18-9-11-3-4-12(16)8-13(11)17/h3-8H,2,9H2,1H3,(H,18,21). The van der Waals surface area contributed by atoms with Crippen molar-refractivity contribution in [1.29, 1.82) is 0 Å². The molecular formula is C15H14Cl2N2O2. The van der Waals surface area contributed by atoms with Gasteiger partial charge in [-0.3, -0.25) is 9.59 Å². The molecule has 1 aromatic heterocycles. The van der Waals surface area contributed by atoms with Crippen molar-refractivity contribution in [1.82, 2.24) is 9.88 Å². The first kappa shape index (κ1) is 15.6. The molecule has 2 rings (SSSR count). The van der Waals surface area contributed by atoms with Crippen LogP contribution >= 0.6 is 23.2 Å². The lowest BCUT2D eigenvalue weighted by Crippen LogP contribution is -2.26. The number of benzene rings is 1. The third kappa shape index (κ3) is 3.86. The Balaban J connectivity index is 2.08. The molecule has 0 saturated carbocycles. The van der Waals surface area contributed by atoms with Gasteiger partial charge in [0.05, 0.1) is 0 Å². The van der Waals surface area contributed by atoms with Gasteiger partial charge in [-0.2, -0.15) is 0 Å². The van der Waals surface area contributed by atoms with Crippen molar-refractivity contribution < 1.29 is 4.79 Å². The Morgan fingerprint density at radius 3 is 2.62 bits per heavy atom. The van der Waals surface area contributed by atoms with Gasteiger partial charge in [-0.25, -0.2) is 0 Å². The number of aromatic nitrogens is 1. The zero-order valence-electron chi connectivity index (χ0n) is 11.4. The quantitative estimate of drug-likeness (QED) is 0.939. The summed E-state index contributed by atoms with van der Waals surface area (Å²) in [5, 5.41) is 3.76. The molecule has 4 nitrogen and oxygen atoms in total. The molecule has 110 valence electrons. The zero-order valence-corrected chi connectivity index (χ0v) is 12.9. The number of pyridine rings is 1. The van der Waals surface area contributed by atoms with Gasteiger partial charge in [-0.1, -0.05) is 29.3 Å². The number of rotatable bonds is 4. The molecule has 6 heteroatoms. The van der Waals surface area contributed by atoms with Gasteiger partial charge in [0.15, 0.2) is 0 Å². The van der Waals surface area contributed by atoms with Crippen LogP contribution < -0.4 is 10.9 Å². The number of amides is 1. The molecule has 0 spiro atoms. The SMILES string of the molecule is CCn1ccc(C(=O)NCc2ccc(Cl)cc2Cl)cc1=O. The zero-order chi connectivity index (χ0) is 15.4. The van der Waals surface area contributed by atoms with Crippen molar-refractivity contribution >= 4 is 29.1 Å². The molecule has 2 aromatic rings. The Bertz CT molecular complexity index is 726. The van der Waals surface area contributed by atoms with E-state index in [2.05, 4.69) is 5.32 Å². The molecule has 0 aliphatic heterocycles. The average Bonchev–Trinajstić information content (AvgIpc) is 2.46. The first-order chi connectivity index (χ1) is 10.0. The Morgan fingerprint density at radius 1 is 1.24 bits per heavy atom. The molecule has 1 N–H and O–H groups in total. The van der Waals surface area contributed by atoms with Crippen molar-refractivity contribution in [3.05, 3.63) is 68.1 Å². The summed E-state index contributed by atoms with van der Waals surface area (Å²) in [4.78, 5) is 23.7. The number of halogens is 2. The number of aryl methyl sites for hydroxylation is 1. The van der Waals surface area contributed by atoms with Gasteiger partial charge < -0.3 is 9.88 Å². The van der Waals surface area contributed by atoms with Crippen LogP contribution in [0.3, 0.4) is 0 Å². The summed E-state index contributed by atoms with van der Waals surface area (Å²) in [5.74, 6) is -0.318. The van der Waals surface area contributed by atoms with E-state index in [4.69, 9.17) is 23.2 Å². The van der Waals surface area contributed by atoms with Gasteiger partial charge in [-0.15, -0.1) is 0 Å². The van der Waals surface area contributed by atoms with Crippen LogP contribution in [-0.4, -0.2) is 10.5 Å². The number of hydrogen-bond donors (Lipinski definition) is 1. The van der Waals surface area contributed by atoms with Crippen LogP contribution in [0.4, 0.5) is 0 Å². The molecule has 0 unspecified atom stereocenters. The summed E-state index contributed by atoms with van der Waals surface area (Å²) in [5.41, 5.74) is 0.890. The lowest BCUT2D eigenvalue weighted by Gasteiger charge is -2.08. The van der Waals surface area contributed by atoms with Crippen LogP contribution in [0.5, 0.6) is 0 Å². The fraction of sp³-hybridized carbons (Fsp3) is 0.200. The van der Waals surface area contributed by atoms with Crippen molar-refractivity contribution in [3.8, 4) is 0 Å². The summed E-state index contributed by atoms with van der Waals surface area (Å²) in [7, 11) is 0. The van der Waals surface area contributed by atoms with Gasteiger partial charge in [0, 0.05) is 41.0 Å². The molecule has 0 atom stereocenters. The van der Waals surface area contributed by atoms with Gasteiger partial charge in [0.2, 0.25) is 0 Å². The highest BCUT2D eigenvalue weighted by molar-refractivity contribution is 6.35. The number of hydrogen-bond acceptors (Lipinski definition) is 2. The molecular weight excluding hydrogens is 311 g/mol. The van der Waals surface area contributed by atoms with E-state index in [1.165, 1.54) is 10.6 Å². The fourth-order valence-corrected chi connectivity index (χ4v) is 2.33.